The van der Waals surface area contributed by atoms with E-state index in [4.69, 9.17) is 9.47 Å². The normalized spacial score (nSPS) is 20.2. The second-order valence-electron chi connectivity index (χ2n) is 6.44. The van der Waals surface area contributed by atoms with E-state index >= 15 is 0 Å². The molecule has 0 spiro atoms. The van der Waals surface area contributed by atoms with Crippen LogP contribution in [-0.4, -0.2) is 50.3 Å². The molecule has 1 N–H and O–H groups in total. The van der Waals surface area contributed by atoms with Crippen molar-refractivity contribution in [1.29, 1.82) is 0 Å². The average Bonchev–Trinajstić information content (AvgIpc) is 2.69. The van der Waals surface area contributed by atoms with Crippen LogP contribution < -0.4 is 10.1 Å². The van der Waals surface area contributed by atoms with Crippen molar-refractivity contribution in [3.8, 4) is 5.75 Å². The van der Waals surface area contributed by atoms with E-state index in [0.29, 0.717) is 19.7 Å². The first kappa shape index (κ1) is 18.2. The van der Waals surface area contributed by atoms with Crippen molar-refractivity contribution in [1.82, 2.24) is 10.2 Å². The summed E-state index contributed by atoms with van der Waals surface area (Å²) in [6.07, 6.45) is 5.65. The third-order valence-electron chi connectivity index (χ3n) is 4.62. The number of amides is 1. The van der Waals surface area contributed by atoms with Gasteiger partial charge in [0.1, 0.15) is 12.4 Å². The Morgan fingerprint density at radius 2 is 2.31 bits per heavy atom. The summed E-state index contributed by atoms with van der Waals surface area (Å²) in [6, 6.07) is 8.14. The molecule has 1 aromatic carbocycles. The van der Waals surface area contributed by atoms with E-state index < -0.39 is 0 Å². The van der Waals surface area contributed by atoms with Gasteiger partial charge in [-0.3, -0.25) is 4.79 Å². The monoisotopic (exact) mass is 352 g/mol. The summed E-state index contributed by atoms with van der Waals surface area (Å²) in [7, 11) is 1.67. The lowest BCUT2D eigenvalue weighted by molar-refractivity contribution is -0.147. The fourth-order valence-electron chi connectivity index (χ4n) is 3.06. The predicted octanol–water partition coefficient (Wildman–Crippen LogP) is 2.38. The van der Waals surface area contributed by atoms with Crippen LogP contribution in [0, 0.1) is 0 Å². The van der Waals surface area contributed by atoms with Gasteiger partial charge < -0.3 is 19.7 Å². The summed E-state index contributed by atoms with van der Waals surface area (Å²) in [6.45, 7) is 4.00. The van der Waals surface area contributed by atoms with Gasteiger partial charge in [0.2, 0.25) is 5.91 Å². The highest BCUT2D eigenvalue weighted by atomic mass is 16.5. The number of allylic oxidation sites excluding steroid dienone is 2. The zero-order valence-electron chi connectivity index (χ0n) is 15.2. The number of morpholine rings is 1. The van der Waals surface area contributed by atoms with Crippen LogP contribution in [-0.2, 0) is 9.53 Å². The lowest BCUT2D eigenvalue weighted by Gasteiger charge is -2.36. The van der Waals surface area contributed by atoms with Crippen molar-refractivity contribution in [3.05, 3.63) is 65.1 Å². The molecule has 1 amide bonds. The number of hydrogen-bond donors (Lipinski definition) is 1. The summed E-state index contributed by atoms with van der Waals surface area (Å²) >= 11 is 0. The molecule has 0 bridgehead atoms. The zero-order chi connectivity index (χ0) is 18.4. The van der Waals surface area contributed by atoms with Crippen LogP contribution in [0.5, 0.6) is 5.75 Å². The van der Waals surface area contributed by atoms with Crippen LogP contribution in [0.25, 0.3) is 0 Å². The molecule has 1 aliphatic heterocycles. The number of hydrogen-bond acceptors (Lipinski definition) is 4. The number of nitrogens with one attached hydrogen (secondary N) is 1. The summed E-state index contributed by atoms with van der Waals surface area (Å²) < 4.78 is 10.8. The molecule has 1 unspecified atom stereocenters. The summed E-state index contributed by atoms with van der Waals surface area (Å²) in [5.74, 6) is 0.857. The van der Waals surface area contributed by atoms with Crippen molar-refractivity contribution < 1.29 is 14.3 Å². The molecule has 1 saturated heterocycles. The van der Waals surface area contributed by atoms with E-state index in [1.165, 1.54) is 0 Å². The van der Waals surface area contributed by atoms with Crippen molar-refractivity contribution in [2.45, 2.75) is 19.0 Å². The summed E-state index contributed by atoms with van der Waals surface area (Å²) in [4.78, 5) is 14.2. The number of carbonyl (C=O) groups excluding carboxylic acids is 1. The van der Waals surface area contributed by atoms with Gasteiger partial charge in [-0.15, -0.1) is 0 Å². The average molecular weight is 352 g/mol. The molecular formula is C21H24N2O3. The van der Waals surface area contributed by atoms with Gasteiger partial charge in [0.05, 0.1) is 19.8 Å². The van der Waals surface area contributed by atoms with Gasteiger partial charge in [-0.05, 0) is 48.4 Å². The van der Waals surface area contributed by atoms with Crippen molar-refractivity contribution >= 4 is 5.91 Å². The Labute approximate surface area is 154 Å². The Balaban J connectivity index is 1.62. The maximum absolute atomic E-state index is 12.3. The minimum absolute atomic E-state index is 0.00602. The van der Waals surface area contributed by atoms with E-state index in [2.05, 4.69) is 29.8 Å². The van der Waals surface area contributed by atoms with Gasteiger partial charge in [0.25, 0.3) is 0 Å². The van der Waals surface area contributed by atoms with Crippen LogP contribution in [0.1, 0.15) is 18.5 Å². The Morgan fingerprint density at radius 1 is 1.42 bits per heavy atom. The van der Waals surface area contributed by atoms with Crippen LogP contribution in [0.2, 0.25) is 0 Å². The van der Waals surface area contributed by atoms with Gasteiger partial charge in [-0.2, -0.15) is 0 Å². The SMILES string of the molecule is COc1cccc([C@@H](C)NCC2COCC(=O)N2CC2=CC=C=C=C2)c1. The fraction of sp³-hybridized carbons (Fsp3) is 0.381. The molecule has 0 saturated carbocycles. The minimum atomic E-state index is -0.00602. The van der Waals surface area contributed by atoms with Gasteiger partial charge in [-0.1, -0.05) is 23.6 Å². The Morgan fingerprint density at radius 3 is 3.08 bits per heavy atom. The first-order chi connectivity index (χ1) is 12.7. The van der Waals surface area contributed by atoms with Gasteiger partial charge in [0.15, 0.2) is 0 Å². The molecule has 26 heavy (non-hydrogen) atoms. The van der Waals surface area contributed by atoms with Gasteiger partial charge >= 0.3 is 0 Å². The molecule has 5 heteroatoms. The van der Waals surface area contributed by atoms with Gasteiger partial charge in [-0.25, -0.2) is 0 Å². The molecule has 136 valence electrons. The Bertz CT molecular complexity index is 786. The van der Waals surface area contributed by atoms with Crippen LogP contribution in [0.15, 0.2) is 59.5 Å². The number of rotatable bonds is 7. The van der Waals surface area contributed by atoms with Crippen LogP contribution in [0.3, 0.4) is 0 Å². The Hall–Kier alpha value is -2.55. The first-order valence-corrected chi connectivity index (χ1v) is 8.78. The lowest BCUT2D eigenvalue weighted by atomic mass is 10.1. The second kappa shape index (κ2) is 8.70. The summed E-state index contributed by atoms with van der Waals surface area (Å²) in [5, 5.41) is 3.51. The van der Waals surface area contributed by atoms with Crippen molar-refractivity contribution in [3.63, 3.8) is 0 Å². The van der Waals surface area contributed by atoms with E-state index in [-0.39, 0.29) is 24.6 Å². The molecule has 2 atom stereocenters. The molecule has 0 radical (unpaired) electrons. The number of benzene rings is 1. The number of ether oxygens (including phenoxy) is 2. The smallest absolute Gasteiger partial charge is 0.249 e. The largest absolute Gasteiger partial charge is 0.497 e. The highest BCUT2D eigenvalue weighted by molar-refractivity contribution is 5.79. The standard InChI is InChI=1S/C21H24N2O3/c1-16(18-9-6-10-20(11-18)25-2)22-12-19-14-26-15-21(24)23(19)13-17-7-4-3-5-8-17/h4,6-11,16,19,22H,12-15H2,1-2H3/t16-,19?/m1/s1. The molecule has 1 aliphatic carbocycles. The fourth-order valence-corrected chi connectivity index (χ4v) is 3.06. The molecule has 1 aromatic rings. The van der Waals surface area contributed by atoms with Crippen LogP contribution >= 0.6 is 0 Å². The first-order valence-electron chi connectivity index (χ1n) is 8.78. The highest BCUT2D eigenvalue weighted by Gasteiger charge is 2.29. The molecule has 1 fully saturated rings. The third kappa shape index (κ3) is 4.54. The van der Waals surface area contributed by atoms with E-state index in [1.54, 1.807) is 7.11 Å². The molecule has 2 aliphatic rings. The second-order valence-corrected chi connectivity index (χ2v) is 6.44. The maximum atomic E-state index is 12.3. The van der Waals surface area contributed by atoms with Crippen molar-refractivity contribution in [2.75, 3.05) is 33.4 Å². The lowest BCUT2D eigenvalue weighted by Crippen LogP contribution is -2.54. The van der Waals surface area contributed by atoms with E-state index in [9.17, 15) is 4.79 Å². The summed E-state index contributed by atoms with van der Waals surface area (Å²) in [5.41, 5.74) is 8.02. The van der Waals surface area contributed by atoms with E-state index in [1.807, 2.05) is 41.3 Å². The molecule has 0 aromatic heterocycles. The third-order valence-corrected chi connectivity index (χ3v) is 4.62. The number of carbonyl (C=O) groups is 1. The number of methoxy groups -OCH3 is 1. The van der Waals surface area contributed by atoms with Gasteiger partial charge in [0, 0.05) is 19.1 Å². The molecular weight excluding hydrogens is 328 g/mol. The minimum Gasteiger partial charge on any atom is -0.497 e. The quantitative estimate of drug-likeness (QED) is 0.766. The Kier molecular flexibility index (Phi) is 6.11. The number of nitrogens with zero attached hydrogens (tertiary/aromatic N) is 1. The van der Waals surface area contributed by atoms with Crippen LogP contribution in [0.4, 0.5) is 0 Å². The van der Waals surface area contributed by atoms with E-state index in [0.717, 1.165) is 16.9 Å². The molecule has 3 rings (SSSR count). The molecule has 5 nitrogen and oxygen atoms in total. The highest BCUT2D eigenvalue weighted by Crippen LogP contribution is 2.19. The predicted molar refractivity (Wildman–Crippen MR) is 100.0 cm³/mol. The molecule has 1 heterocycles. The van der Waals surface area contributed by atoms with Crippen molar-refractivity contribution in [2.24, 2.45) is 0 Å². The maximum Gasteiger partial charge on any atom is 0.249 e. The topological polar surface area (TPSA) is 50.8 Å². The zero-order valence-corrected chi connectivity index (χ0v) is 15.2.